The van der Waals surface area contributed by atoms with Crippen molar-refractivity contribution in [3.63, 3.8) is 0 Å². The molecule has 0 aliphatic carbocycles. The Morgan fingerprint density at radius 2 is 2.27 bits per heavy atom. The molecule has 142 valence electrons. The third-order valence-corrected chi connectivity index (χ3v) is 5.11. The molecule has 2 aromatic rings. The summed E-state index contributed by atoms with van der Waals surface area (Å²) in [5.41, 5.74) is 1.80. The van der Waals surface area contributed by atoms with E-state index >= 15 is 0 Å². The topological polar surface area (TPSA) is 85.4 Å². The Labute approximate surface area is 153 Å². The molecule has 0 bridgehead atoms. The van der Waals surface area contributed by atoms with Crippen molar-refractivity contribution in [2.24, 2.45) is 7.05 Å². The van der Waals surface area contributed by atoms with Crippen LogP contribution in [0.4, 0.5) is 0 Å². The van der Waals surface area contributed by atoms with Crippen LogP contribution < -0.4 is 5.32 Å². The maximum absolute atomic E-state index is 12.0. The standard InChI is InChI=1S/C18H27N5O3/c1-12(25-4)17-20-16(26-21-17)11-23-10-6-5-7-14(23)13-8-9-15(22(13)3)18(24)19-2/h8-9,12,14H,5-7,10-11H2,1-4H3,(H,19,24)/t12-,14+/m1/s1. The number of hydrogen-bond donors (Lipinski definition) is 1. The van der Waals surface area contributed by atoms with E-state index in [0.717, 1.165) is 31.5 Å². The lowest BCUT2D eigenvalue weighted by atomic mass is 9.99. The highest BCUT2D eigenvalue weighted by Crippen LogP contribution is 2.32. The number of rotatable bonds is 6. The zero-order chi connectivity index (χ0) is 18.7. The van der Waals surface area contributed by atoms with E-state index in [-0.39, 0.29) is 18.1 Å². The lowest BCUT2D eigenvalue weighted by Crippen LogP contribution is -2.34. The fraction of sp³-hybridized carbons (Fsp3) is 0.611. The SMILES string of the molecule is CNC(=O)c1ccc([C@@H]2CCCCN2Cc2nc([C@@H](C)OC)no2)n1C. The van der Waals surface area contributed by atoms with Gasteiger partial charge in [-0.2, -0.15) is 4.98 Å². The first-order valence-corrected chi connectivity index (χ1v) is 9.02. The Hall–Kier alpha value is -2.19. The number of methoxy groups -OCH3 is 1. The number of piperidine rings is 1. The Morgan fingerprint density at radius 3 is 3.00 bits per heavy atom. The van der Waals surface area contributed by atoms with Gasteiger partial charge in [0.25, 0.3) is 5.91 Å². The summed E-state index contributed by atoms with van der Waals surface area (Å²) in [6, 6.07) is 4.15. The second-order valence-electron chi connectivity index (χ2n) is 6.69. The number of carbonyl (C=O) groups excluding carboxylic acids is 1. The summed E-state index contributed by atoms with van der Waals surface area (Å²) in [5, 5.41) is 6.70. The van der Waals surface area contributed by atoms with Crippen LogP contribution in [0.15, 0.2) is 16.7 Å². The fourth-order valence-electron chi connectivity index (χ4n) is 3.51. The van der Waals surface area contributed by atoms with Gasteiger partial charge in [-0.05, 0) is 38.4 Å². The Morgan fingerprint density at radius 1 is 1.46 bits per heavy atom. The van der Waals surface area contributed by atoms with Crippen molar-refractivity contribution in [3.05, 3.63) is 35.2 Å². The van der Waals surface area contributed by atoms with E-state index in [4.69, 9.17) is 9.26 Å². The van der Waals surface area contributed by atoms with Gasteiger partial charge in [0.05, 0.1) is 12.6 Å². The van der Waals surface area contributed by atoms with Crippen LogP contribution in [0.5, 0.6) is 0 Å². The molecule has 0 radical (unpaired) electrons. The Bertz CT molecular complexity index is 754. The summed E-state index contributed by atoms with van der Waals surface area (Å²) >= 11 is 0. The molecule has 8 nitrogen and oxygen atoms in total. The first-order valence-electron chi connectivity index (χ1n) is 9.02. The number of ether oxygens (including phenoxy) is 1. The quantitative estimate of drug-likeness (QED) is 0.849. The predicted octanol–water partition coefficient (Wildman–Crippen LogP) is 2.20. The average molecular weight is 361 g/mol. The van der Waals surface area contributed by atoms with Crippen LogP contribution in [0.3, 0.4) is 0 Å². The summed E-state index contributed by atoms with van der Waals surface area (Å²) in [6.45, 7) is 3.44. The minimum atomic E-state index is -0.187. The van der Waals surface area contributed by atoms with Gasteiger partial charge >= 0.3 is 0 Å². The normalized spacial score (nSPS) is 19.5. The second kappa shape index (κ2) is 8.01. The molecule has 8 heteroatoms. The molecule has 1 fully saturated rings. The maximum atomic E-state index is 12.0. The average Bonchev–Trinajstić information content (AvgIpc) is 3.28. The summed E-state index contributed by atoms with van der Waals surface area (Å²) in [4.78, 5) is 18.8. The molecule has 0 unspecified atom stereocenters. The molecule has 1 aliphatic rings. The largest absolute Gasteiger partial charge is 0.374 e. The minimum absolute atomic E-state index is 0.0730. The van der Waals surface area contributed by atoms with Crippen molar-refractivity contribution >= 4 is 5.91 Å². The summed E-state index contributed by atoms with van der Waals surface area (Å²) in [7, 11) is 5.22. The first-order chi connectivity index (χ1) is 12.5. The summed E-state index contributed by atoms with van der Waals surface area (Å²) in [6.07, 6.45) is 3.16. The Kier molecular flexibility index (Phi) is 5.73. The number of carbonyl (C=O) groups is 1. The zero-order valence-electron chi connectivity index (χ0n) is 15.9. The van der Waals surface area contributed by atoms with Gasteiger partial charge in [-0.25, -0.2) is 0 Å². The molecule has 0 saturated carbocycles. The van der Waals surface area contributed by atoms with Crippen molar-refractivity contribution in [1.82, 2.24) is 24.9 Å². The molecule has 3 heterocycles. The van der Waals surface area contributed by atoms with Gasteiger partial charge in [-0.3, -0.25) is 9.69 Å². The molecule has 1 aliphatic heterocycles. The van der Waals surface area contributed by atoms with Gasteiger partial charge in [-0.1, -0.05) is 11.6 Å². The van der Waals surface area contributed by atoms with Gasteiger partial charge in [0, 0.05) is 26.9 Å². The number of likely N-dealkylation sites (tertiary alicyclic amines) is 1. The van der Waals surface area contributed by atoms with Crippen LogP contribution in [0, 0.1) is 0 Å². The van der Waals surface area contributed by atoms with E-state index < -0.39 is 0 Å². The number of nitrogens with one attached hydrogen (secondary N) is 1. The maximum Gasteiger partial charge on any atom is 0.267 e. The molecule has 2 atom stereocenters. The third-order valence-electron chi connectivity index (χ3n) is 5.11. The van der Waals surface area contributed by atoms with E-state index in [1.165, 1.54) is 0 Å². The van der Waals surface area contributed by atoms with Crippen LogP contribution in [0.2, 0.25) is 0 Å². The lowest BCUT2D eigenvalue weighted by molar-refractivity contribution is 0.0950. The number of amides is 1. The molecule has 1 amide bonds. The van der Waals surface area contributed by atoms with Gasteiger partial charge in [-0.15, -0.1) is 0 Å². The van der Waals surface area contributed by atoms with Crippen LogP contribution >= 0.6 is 0 Å². The van der Waals surface area contributed by atoms with Gasteiger partial charge < -0.3 is 19.1 Å². The summed E-state index contributed by atoms with van der Waals surface area (Å²) in [5.74, 6) is 1.09. The molecule has 1 N–H and O–H groups in total. The number of hydrogen-bond acceptors (Lipinski definition) is 6. The van der Waals surface area contributed by atoms with Gasteiger partial charge in [0.1, 0.15) is 11.8 Å². The predicted molar refractivity (Wildman–Crippen MR) is 95.5 cm³/mol. The van der Waals surface area contributed by atoms with Crippen molar-refractivity contribution in [3.8, 4) is 0 Å². The third kappa shape index (κ3) is 3.66. The molecule has 0 spiro atoms. The Balaban J connectivity index is 1.79. The molecule has 26 heavy (non-hydrogen) atoms. The first kappa shape index (κ1) is 18.6. The van der Waals surface area contributed by atoms with Gasteiger partial charge in [0.2, 0.25) is 5.89 Å². The molecular formula is C18H27N5O3. The number of nitrogens with zero attached hydrogens (tertiary/aromatic N) is 4. The molecule has 2 aromatic heterocycles. The monoisotopic (exact) mass is 361 g/mol. The van der Waals surface area contributed by atoms with E-state index in [9.17, 15) is 4.79 Å². The van der Waals surface area contributed by atoms with E-state index in [0.29, 0.717) is 24.0 Å². The molecule has 0 aromatic carbocycles. The highest BCUT2D eigenvalue weighted by atomic mass is 16.5. The lowest BCUT2D eigenvalue weighted by Gasteiger charge is -2.35. The van der Waals surface area contributed by atoms with E-state index in [1.807, 2.05) is 30.7 Å². The van der Waals surface area contributed by atoms with Crippen LogP contribution in [0.25, 0.3) is 0 Å². The highest BCUT2D eigenvalue weighted by Gasteiger charge is 2.29. The van der Waals surface area contributed by atoms with Crippen LogP contribution in [0.1, 0.15) is 66.2 Å². The fourth-order valence-corrected chi connectivity index (χ4v) is 3.51. The van der Waals surface area contributed by atoms with Crippen molar-refractivity contribution in [2.75, 3.05) is 20.7 Å². The molecule has 3 rings (SSSR count). The van der Waals surface area contributed by atoms with Gasteiger partial charge in [0.15, 0.2) is 5.82 Å². The zero-order valence-corrected chi connectivity index (χ0v) is 15.9. The summed E-state index contributed by atoms with van der Waals surface area (Å²) < 4.78 is 12.6. The molecule has 1 saturated heterocycles. The van der Waals surface area contributed by atoms with Crippen molar-refractivity contribution in [1.29, 1.82) is 0 Å². The van der Waals surface area contributed by atoms with Crippen molar-refractivity contribution in [2.45, 2.75) is 44.9 Å². The minimum Gasteiger partial charge on any atom is -0.374 e. The van der Waals surface area contributed by atoms with E-state index in [2.05, 4.69) is 20.4 Å². The van der Waals surface area contributed by atoms with Crippen LogP contribution in [-0.4, -0.2) is 46.2 Å². The highest BCUT2D eigenvalue weighted by molar-refractivity contribution is 5.92. The molecular weight excluding hydrogens is 334 g/mol. The second-order valence-corrected chi connectivity index (χ2v) is 6.69. The number of aromatic nitrogens is 3. The van der Waals surface area contributed by atoms with E-state index in [1.54, 1.807) is 14.2 Å². The smallest absolute Gasteiger partial charge is 0.267 e. The van der Waals surface area contributed by atoms with Crippen molar-refractivity contribution < 1.29 is 14.1 Å². The van der Waals surface area contributed by atoms with Crippen LogP contribution in [-0.2, 0) is 18.3 Å².